The molecule has 0 saturated heterocycles. The highest BCUT2D eigenvalue weighted by Crippen LogP contribution is 2.53. The summed E-state index contributed by atoms with van der Waals surface area (Å²) in [4.78, 5) is 16.6. The minimum absolute atomic E-state index is 0.153. The summed E-state index contributed by atoms with van der Waals surface area (Å²) in [6.45, 7) is 2.84. The predicted octanol–water partition coefficient (Wildman–Crippen LogP) is 3.26. The molecule has 4 nitrogen and oxygen atoms in total. The Balaban J connectivity index is 1.53. The fraction of sp³-hybridized carbons (Fsp3) is 0.684. The molecule has 2 saturated carbocycles. The van der Waals surface area contributed by atoms with E-state index in [1.807, 2.05) is 18.2 Å². The molecule has 1 N–H and O–H groups in total. The van der Waals surface area contributed by atoms with Crippen molar-refractivity contribution in [2.45, 2.75) is 70.4 Å². The lowest BCUT2D eigenvalue weighted by Crippen LogP contribution is -2.65. The first-order valence-corrected chi connectivity index (χ1v) is 9.05. The van der Waals surface area contributed by atoms with Crippen LogP contribution in [-0.4, -0.2) is 29.6 Å². The third-order valence-corrected chi connectivity index (χ3v) is 5.61. The molecule has 23 heavy (non-hydrogen) atoms. The maximum absolute atomic E-state index is 12.3. The fourth-order valence-corrected chi connectivity index (χ4v) is 4.32. The highest BCUT2D eigenvalue weighted by molar-refractivity contribution is 5.76. The van der Waals surface area contributed by atoms with E-state index < -0.39 is 0 Å². The van der Waals surface area contributed by atoms with Gasteiger partial charge in [-0.3, -0.25) is 9.78 Å². The number of amides is 1. The average Bonchev–Trinajstić information content (AvgIpc) is 2.61. The fourth-order valence-electron chi connectivity index (χ4n) is 4.32. The second-order valence-corrected chi connectivity index (χ2v) is 6.91. The molecule has 2 aliphatic rings. The van der Waals surface area contributed by atoms with Gasteiger partial charge in [0.25, 0.3) is 0 Å². The second kappa shape index (κ2) is 7.43. The zero-order valence-electron chi connectivity index (χ0n) is 14.1. The molecule has 2 aliphatic carbocycles. The van der Waals surface area contributed by atoms with Gasteiger partial charge in [-0.15, -0.1) is 0 Å². The Hall–Kier alpha value is -1.42. The highest BCUT2D eigenvalue weighted by atomic mass is 16.5. The molecule has 1 aromatic rings. The van der Waals surface area contributed by atoms with E-state index in [1.54, 1.807) is 6.20 Å². The van der Waals surface area contributed by atoms with Crippen molar-refractivity contribution >= 4 is 5.91 Å². The molecule has 1 amide bonds. The monoisotopic (exact) mass is 316 g/mol. The largest absolute Gasteiger partial charge is 0.378 e. The Bertz CT molecular complexity index is 511. The number of nitrogens with zero attached hydrogens (tertiary/aromatic N) is 1. The van der Waals surface area contributed by atoms with Crippen molar-refractivity contribution in [2.24, 2.45) is 5.41 Å². The van der Waals surface area contributed by atoms with Crippen molar-refractivity contribution in [3.63, 3.8) is 0 Å². The summed E-state index contributed by atoms with van der Waals surface area (Å²) in [5, 5.41) is 3.29. The quantitative estimate of drug-likeness (QED) is 0.876. The van der Waals surface area contributed by atoms with E-state index in [4.69, 9.17) is 4.74 Å². The zero-order chi connectivity index (χ0) is 16.1. The molecular weight excluding hydrogens is 288 g/mol. The van der Waals surface area contributed by atoms with Crippen molar-refractivity contribution in [3.05, 3.63) is 30.1 Å². The van der Waals surface area contributed by atoms with E-state index in [2.05, 4.69) is 17.2 Å². The van der Waals surface area contributed by atoms with Crippen molar-refractivity contribution in [1.82, 2.24) is 10.3 Å². The lowest BCUT2D eigenvalue weighted by atomic mass is 9.55. The molecule has 0 bridgehead atoms. The smallest absolute Gasteiger partial charge is 0.220 e. The Morgan fingerprint density at radius 3 is 2.87 bits per heavy atom. The summed E-state index contributed by atoms with van der Waals surface area (Å²) in [7, 11) is 0. The maximum Gasteiger partial charge on any atom is 0.220 e. The first-order chi connectivity index (χ1) is 11.2. The van der Waals surface area contributed by atoms with Gasteiger partial charge in [-0.2, -0.15) is 0 Å². The van der Waals surface area contributed by atoms with Crippen LogP contribution in [0.5, 0.6) is 0 Å². The Morgan fingerprint density at radius 2 is 2.17 bits per heavy atom. The van der Waals surface area contributed by atoms with Gasteiger partial charge in [0.2, 0.25) is 5.91 Å². The summed E-state index contributed by atoms with van der Waals surface area (Å²) in [5.74, 6) is 0.153. The summed E-state index contributed by atoms with van der Waals surface area (Å²) in [6, 6.07) is 6.15. The van der Waals surface area contributed by atoms with E-state index in [-0.39, 0.29) is 11.3 Å². The van der Waals surface area contributed by atoms with Gasteiger partial charge < -0.3 is 10.1 Å². The molecule has 0 aliphatic heterocycles. The zero-order valence-corrected chi connectivity index (χ0v) is 14.1. The number of carbonyl (C=O) groups is 1. The number of aromatic nitrogens is 1. The third kappa shape index (κ3) is 3.57. The number of aryl methyl sites for hydroxylation is 1. The molecule has 1 heterocycles. The SMILES string of the molecule is CCO[C@@H]1C[C@@H](NC(=O)CCc2ccccn2)C12CCCCC2. The summed E-state index contributed by atoms with van der Waals surface area (Å²) < 4.78 is 5.95. The molecule has 2 fully saturated rings. The van der Waals surface area contributed by atoms with E-state index in [1.165, 1.54) is 32.1 Å². The van der Waals surface area contributed by atoms with Crippen molar-refractivity contribution in [3.8, 4) is 0 Å². The first kappa shape index (κ1) is 16.4. The van der Waals surface area contributed by atoms with E-state index in [0.29, 0.717) is 25.0 Å². The number of hydrogen-bond donors (Lipinski definition) is 1. The van der Waals surface area contributed by atoms with Crippen LogP contribution in [0.3, 0.4) is 0 Å². The first-order valence-electron chi connectivity index (χ1n) is 9.05. The molecule has 1 spiro atoms. The van der Waals surface area contributed by atoms with Crippen LogP contribution in [0, 0.1) is 5.41 Å². The van der Waals surface area contributed by atoms with E-state index in [9.17, 15) is 4.79 Å². The Morgan fingerprint density at radius 1 is 1.35 bits per heavy atom. The van der Waals surface area contributed by atoms with Gasteiger partial charge in [-0.1, -0.05) is 25.3 Å². The molecular formula is C19H28N2O2. The van der Waals surface area contributed by atoms with Crippen LogP contribution in [0.2, 0.25) is 0 Å². The standard InChI is InChI=1S/C19H28N2O2/c1-2-23-17-14-16(19(17)11-5-3-6-12-19)21-18(22)10-9-15-8-4-7-13-20-15/h4,7-8,13,16-17H,2-3,5-6,9-12,14H2,1H3,(H,21,22)/t16-,17-/m1/s1. The number of pyridine rings is 1. The summed E-state index contributed by atoms with van der Waals surface area (Å²) >= 11 is 0. The molecule has 2 atom stereocenters. The van der Waals surface area contributed by atoms with Crippen molar-refractivity contribution < 1.29 is 9.53 Å². The van der Waals surface area contributed by atoms with Gasteiger partial charge in [0.05, 0.1) is 6.10 Å². The van der Waals surface area contributed by atoms with E-state index in [0.717, 1.165) is 18.7 Å². The Kier molecular flexibility index (Phi) is 5.31. The van der Waals surface area contributed by atoms with Crippen molar-refractivity contribution in [2.75, 3.05) is 6.61 Å². The van der Waals surface area contributed by atoms with Gasteiger partial charge in [-0.25, -0.2) is 0 Å². The summed E-state index contributed by atoms with van der Waals surface area (Å²) in [6.07, 6.45) is 10.6. The molecule has 0 unspecified atom stereocenters. The lowest BCUT2D eigenvalue weighted by Gasteiger charge is -2.57. The number of carbonyl (C=O) groups excluding carboxylic acids is 1. The summed E-state index contributed by atoms with van der Waals surface area (Å²) in [5.41, 5.74) is 1.19. The van der Waals surface area contributed by atoms with Crippen LogP contribution in [0.25, 0.3) is 0 Å². The van der Waals surface area contributed by atoms with Crippen molar-refractivity contribution in [1.29, 1.82) is 0 Å². The van der Waals surface area contributed by atoms with Gasteiger partial charge >= 0.3 is 0 Å². The topological polar surface area (TPSA) is 51.2 Å². The Labute approximate surface area is 139 Å². The van der Waals surface area contributed by atoms with Crippen LogP contribution < -0.4 is 5.32 Å². The van der Waals surface area contributed by atoms with Crippen LogP contribution >= 0.6 is 0 Å². The van der Waals surface area contributed by atoms with Gasteiger partial charge in [-0.05, 0) is 44.7 Å². The number of rotatable bonds is 6. The normalized spacial score (nSPS) is 25.8. The van der Waals surface area contributed by atoms with Gasteiger partial charge in [0.15, 0.2) is 0 Å². The van der Waals surface area contributed by atoms with Crippen LogP contribution in [0.4, 0.5) is 0 Å². The average molecular weight is 316 g/mol. The molecule has 0 aromatic carbocycles. The molecule has 4 heteroatoms. The highest BCUT2D eigenvalue weighted by Gasteiger charge is 2.55. The number of nitrogens with one attached hydrogen (secondary N) is 1. The second-order valence-electron chi connectivity index (χ2n) is 6.91. The van der Waals surface area contributed by atoms with Gasteiger partial charge in [0, 0.05) is 36.4 Å². The van der Waals surface area contributed by atoms with Crippen LogP contribution in [0.15, 0.2) is 24.4 Å². The predicted molar refractivity (Wildman–Crippen MR) is 90.0 cm³/mol. The number of ether oxygens (including phenoxy) is 1. The van der Waals surface area contributed by atoms with E-state index >= 15 is 0 Å². The lowest BCUT2D eigenvalue weighted by molar-refractivity contribution is -0.157. The molecule has 0 radical (unpaired) electrons. The minimum Gasteiger partial charge on any atom is -0.378 e. The molecule has 126 valence electrons. The maximum atomic E-state index is 12.3. The number of hydrogen-bond acceptors (Lipinski definition) is 3. The molecule has 3 rings (SSSR count). The van der Waals surface area contributed by atoms with Crippen LogP contribution in [-0.2, 0) is 16.0 Å². The molecule has 1 aromatic heterocycles. The minimum atomic E-state index is 0.153. The van der Waals surface area contributed by atoms with Crippen LogP contribution in [0.1, 0.15) is 57.6 Å². The van der Waals surface area contributed by atoms with Gasteiger partial charge in [0.1, 0.15) is 0 Å². The third-order valence-electron chi connectivity index (χ3n) is 5.61.